The summed E-state index contributed by atoms with van der Waals surface area (Å²) in [6, 6.07) is 0. The van der Waals surface area contributed by atoms with Gasteiger partial charge in [-0.25, -0.2) is 0 Å². The Morgan fingerprint density at radius 1 is 0.654 bits per heavy atom. The van der Waals surface area contributed by atoms with Crippen LogP contribution in [-0.2, 0) is 27.8 Å². The van der Waals surface area contributed by atoms with Crippen molar-refractivity contribution in [2.75, 3.05) is 52.9 Å². The van der Waals surface area contributed by atoms with Crippen LogP contribution in [-0.4, -0.2) is 74.3 Å². The van der Waals surface area contributed by atoms with E-state index in [0.29, 0.717) is 12.2 Å². The molecule has 2 aliphatic heterocycles. The highest BCUT2D eigenvalue weighted by atomic mass is 28.3. The van der Waals surface area contributed by atoms with Crippen LogP contribution in [0, 0.1) is 0 Å². The molecular formula is C19H37O6Si. The molecule has 0 aromatic heterocycles. The van der Waals surface area contributed by atoms with E-state index in [1.165, 1.54) is 25.7 Å². The van der Waals surface area contributed by atoms with Crippen molar-refractivity contribution in [3.63, 3.8) is 0 Å². The SMILES string of the molecule is C[Si](OCCCCCCOCC1CO1)OCCCCCCOCC1CO1. The van der Waals surface area contributed by atoms with Crippen molar-refractivity contribution in [2.24, 2.45) is 0 Å². The third-order valence-corrected chi connectivity index (χ3v) is 5.61. The molecule has 0 aromatic rings. The maximum atomic E-state index is 5.80. The van der Waals surface area contributed by atoms with Gasteiger partial charge in [-0.3, -0.25) is 0 Å². The zero-order valence-electron chi connectivity index (χ0n) is 16.4. The summed E-state index contributed by atoms with van der Waals surface area (Å²) < 4.78 is 32.8. The minimum absolute atomic E-state index is 0.384. The molecule has 1 radical (unpaired) electrons. The van der Waals surface area contributed by atoms with Crippen LogP contribution in [0.5, 0.6) is 0 Å². The normalized spacial score (nSPS) is 21.5. The van der Waals surface area contributed by atoms with Crippen LogP contribution >= 0.6 is 0 Å². The molecule has 153 valence electrons. The lowest BCUT2D eigenvalue weighted by atomic mass is 10.2. The second-order valence-corrected chi connectivity index (χ2v) is 8.64. The molecule has 2 aliphatic rings. The van der Waals surface area contributed by atoms with Crippen LogP contribution in [0.15, 0.2) is 0 Å². The Morgan fingerprint density at radius 2 is 1.04 bits per heavy atom. The van der Waals surface area contributed by atoms with Gasteiger partial charge in [-0.05, 0) is 32.2 Å². The lowest BCUT2D eigenvalue weighted by molar-refractivity contribution is 0.112. The molecule has 0 N–H and O–H groups in total. The average Bonchev–Trinajstić information content (AvgIpc) is 3.53. The maximum Gasteiger partial charge on any atom is 0.381 e. The van der Waals surface area contributed by atoms with Gasteiger partial charge in [-0.15, -0.1) is 0 Å². The fraction of sp³-hybridized carbons (Fsp3) is 1.00. The third kappa shape index (κ3) is 14.1. The highest BCUT2D eigenvalue weighted by Crippen LogP contribution is 2.10. The summed E-state index contributed by atoms with van der Waals surface area (Å²) in [6.07, 6.45) is 10.1. The van der Waals surface area contributed by atoms with E-state index in [-0.39, 0.29) is 0 Å². The number of ether oxygens (including phenoxy) is 4. The number of rotatable bonds is 20. The largest absolute Gasteiger partial charge is 0.394 e. The zero-order valence-corrected chi connectivity index (χ0v) is 17.4. The van der Waals surface area contributed by atoms with E-state index in [1.807, 2.05) is 0 Å². The summed E-state index contributed by atoms with van der Waals surface area (Å²) in [4.78, 5) is 0. The fourth-order valence-corrected chi connectivity index (χ4v) is 3.50. The lowest BCUT2D eigenvalue weighted by Crippen LogP contribution is -2.20. The summed E-state index contributed by atoms with van der Waals surface area (Å²) in [5, 5.41) is 0. The van der Waals surface area contributed by atoms with Gasteiger partial charge in [0.15, 0.2) is 0 Å². The molecule has 0 aliphatic carbocycles. The Morgan fingerprint density at radius 3 is 1.42 bits per heavy atom. The molecule has 0 bridgehead atoms. The second kappa shape index (κ2) is 15.0. The van der Waals surface area contributed by atoms with Crippen molar-refractivity contribution in [2.45, 2.75) is 70.1 Å². The molecule has 2 unspecified atom stereocenters. The minimum Gasteiger partial charge on any atom is -0.394 e. The van der Waals surface area contributed by atoms with Gasteiger partial charge in [0.2, 0.25) is 0 Å². The van der Waals surface area contributed by atoms with Gasteiger partial charge in [0.25, 0.3) is 0 Å². The first-order chi connectivity index (χ1) is 12.8. The van der Waals surface area contributed by atoms with E-state index in [9.17, 15) is 0 Å². The van der Waals surface area contributed by atoms with Gasteiger partial charge in [0.1, 0.15) is 12.2 Å². The van der Waals surface area contributed by atoms with Crippen molar-refractivity contribution < 1.29 is 27.8 Å². The molecule has 2 atom stereocenters. The standard InChI is InChI=1S/C19H37O6Si/c1-26(24-12-8-4-2-6-10-20-14-18-16-22-18)25-13-9-5-3-7-11-21-15-19-17-23-19/h18-19H,2-17H2,1H3. The molecule has 0 aromatic carbocycles. The van der Waals surface area contributed by atoms with Crippen LogP contribution in [0.4, 0.5) is 0 Å². The van der Waals surface area contributed by atoms with E-state index in [2.05, 4.69) is 6.55 Å². The molecule has 7 heteroatoms. The summed E-state index contributed by atoms with van der Waals surface area (Å²) in [5.74, 6) is 0. The number of unbranched alkanes of at least 4 members (excludes halogenated alkanes) is 6. The zero-order chi connectivity index (χ0) is 18.3. The summed E-state index contributed by atoms with van der Waals surface area (Å²) in [6.45, 7) is 8.75. The first kappa shape index (κ1) is 22.3. The second-order valence-electron chi connectivity index (χ2n) is 7.08. The maximum absolute atomic E-state index is 5.80. The van der Waals surface area contributed by atoms with Gasteiger partial charge in [-0.2, -0.15) is 0 Å². The summed E-state index contributed by atoms with van der Waals surface area (Å²) in [7, 11) is -1.07. The first-order valence-corrected chi connectivity index (χ1v) is 12.1. The lowest BCUT2D eigenvalue weighted by Gasteiger charge is -2.11. The molecule has 2 fully saturated rings. The Kier molecular flexibility index (Phi) is 12.8. The van der Waals surface area contributed by atoms with E-state index < -0.39 is 9.28 Å². The highest BCUT2D eigenvalue weighted by molar-refractivity contribution is 6.42. The molecular weight excluding hydrogens is 352 g/mol. The van der Waals surface area contributed by atoms with Gasteiger partial charge in [0.05, 0.1) is 26.4 Å². The average molecular weight is 390 g/mol. The van der Waals surface area contributed by atoms with Gasteiger partial charge >= 0.3 is 9.28 Å². The molecule has 2 rings (SSSR count). The van der Waals surface area contributed by atoms with Gasteiger partial charge in [-0.1, -0.05) is 25.7 Å². The van der Waals surface area contributed by atoms with Crippen LogP contribution in [0.2, 0.25) is 6.55 Å². The minimum atomic E-state index is -1.07. The number of hydrogen-bond donors (Lipinski definition) is 0. The van der Waals surface area contributed by atoms with Crippen LogP contribution in [0.3, 0.4) is 0 Å². The van der Waals surface area contributed by atoms with E-state index in [0.717, 1.165) is 78.5 Å². The quantitative estimate of drug-likeness (QED) is 0.181. The Balaban J connectivity index is 1.20. The van der Waals surface area contributed by atoms with Crippen molar-refractivity contribution in [1.82, 2.24) is 0 Å². The van der Waals surface area contributed by atoms with E-state index in [1.54, 1.807) is 0 Å². The smallest absolute Gasteiger partial charge is 0.381 e. The Labute approximate surface area is 160 Å². The van der Waals surface area contributed by atoms with Crippen LogP contribution in [0.25, 0.3) is 0 Å². The van der Waals surface area contributed by atoms with Crippen molar-refractivity contribution in [3.8, 4) is 0 Å². The molecule has 0 spiro atoms. The highest BCUT2D eigenvalue weighted by Gasteiger charge is 2.22. The molecule has 2 heterocycles. The Bertz CT molecular complexity index is 295. The van der Waals surface area contributed by atoms with Gasteiger partial charge < -0.3 is 27.8 Å². The summed E-state index contributed by atoms with van der Waals surface area (Å²) >= 11 is 0. The topological polar surface area (TPSA) is 62.0 Å². The number of epoxide rings is 2. The predicted molar refractivity (Wildman–Crippen MR) is 102 cm³/mol. The summed E-state index contributed by atoms with van der Waals surface area (Å²) in [5.41, 5.74) is 0. The van der Waals surface area contributed by atoms with Crippen LogP contribution < -0.4 is 0 Å². The van der Waals surface area contributed by atoms with Crippen LogP contribution in [0.1, 0.15) is 51.4 Å². The predicted octanol–water partition coefficient (Wildman–Crippen LogP) is 3.09. The van der Waals surface area contributed by atoms with E-state index >= 15 is 0 Å². The van der Waals surface area contributed by atoms with Gasteiger partial charge in [0, 0.05) is 26.4 Å². The molecule has 26 heavy (non-hydrogen) atoms. The fourth-order valence-electron chi connectivity index (χ4n) is 2.55. The molecule has 2 saturated heterocycles. The molecule has 0 saturated carbocycles. The Hall–Kier alpha value is -0.0231. The van der Waals surface area contributed by atoms with Crippen molar-refractivity contribution in [1.29, 1.82) is 0 Å². The number of hydrogen-bond acceptors (Lipinski definition) is 6. The van der Waals surface area contributed by atoms with Crippen molar-refractivity contribution >= 4 is 9.28 Å². The van der Waals surface area contributed by atoms with Crippen molar-refractivity contribution in [3.05, 3.63) is 0 Å². The third-order valence-electron chi connectivity index (χ3n) is 4.39. The monoisotopic (exact) mass is 389 g/mol. The molecule has 0 amide bonds. The molecule has 6 nitrogen and oxygen atoms in total. The van der Waals surface area contributed by atoms with E-state index in [4.69, 9.17) is 27.8 Å². The first-order valence-electron chi connectivity index (χ1n) is 10.3.